The molecule has 1 aromatic rings. The lowest BCUT2D eigenvalue weighted by molar-refractivity contribution is -0.393. The van der Waals surface area contributed by atoms with E-state index in [0.29, 0.717) is 6.42 Å². The molecular formula is C12H15N3O5. The minimum absolute atomic E-state index is 0.0258. The van der Waals surface area contributed by atoms with Crippen LogP contribution in [0.1, 0.15) is 32.6 Å². The van der Waals surface area contributed by atoms with E-state index in [-0.39, 0.29) is 23.7 Å². The molecule has 0 saturated heterocycles. The number of nitrogens with zero attached hydrogens (tertiary/aromatic N) is 2. The van der Waals surface area contributed by atoms with Gasteiger partial charge in [-0.15, -0.1) is 0 Å². The van der Waals surface area contributed by atoms with Gasteiger partial charge in [0.2, 0.25) is 5.91 Å². The predicted molar refractivity (Wildman–Crippen MR) is 72.5 cm³/mol. The molecule has 0 aliphatic carbocycles. The molecule has 0 unspecified atom stereocenters. The Balaban J connectivity index is 2.86. The van der Waals surface area contributed by atoms with Crippen molar-refractivity contribution in [3.05, 3.63) is 38.4 Å². The molecule has 0 atom stereocenters. The molecule has 8 nitrogen and oxygen atoms in total. The van der Waals surface area contributed by atoms with E-state index in [2.05, 4.69) is 5.32 Å². The second-order valence-corrected chi connectivity index (χ2v) is 4.22. The summed E-state index contributed by atoms with van der Waals surface area (Å²) >= 11 is 0. The summed E-state index contributed by atoms with van der Waals surface area (Å²) in [6.45, 7) is 2.00. The topological polar surface area (TPSA) is 115 Å². The van der Waals surface area contributed by atoms with E-state index in [0.717, 1.165) is 25.0 Å². The van der Waals surface area contributed by atoms with Crippen LogP contribution in [0.25, 0.3) is 0 Å². The van der Waals surface area contributed by atoms with Crippen molar-refractivity contribution in [2.24, 2.45) is 0 Å². The molecule has 0 aromatic heterocycles. The van der Waals surface area contributed by atoms with Crippen LogP contribution in [0, 0.1) is 20.2 Å². The van der Waals surface area contributed by atoms with Crippen LogP contribution in [0.15, 0.2) is 18.2 Å². The fourth-order valence-electron chi connectivity index (χ4n) is 1.64. The van der Waals surface area contributed by atoms with Crippen molar-refractivity contribution >= 4 is 23.0 Å². The first-order valence-electron chi connectivity index (χ1n) is 6.18. The summed E-state index contributed by atoms with van der Waals surface area (Å²) < 4.78 is 0. The Labute approximate surface area is 115 Å². The third kappa shape index (κ3) is 4.30. The highest BCUT2D eigenvalue weighted by molar-refractivity contribution is 5.93. The average Bonchev–Trinajstić information content (AvgIpc) is 2.38. The van der Waals surface area contributed by atoms with Crippen molar-refractivity contribution in [1.29, 1.82) is 0 Å². The van der Waals surface area contributed by atoms with E-state index >= 15 is 0 Å². The molecule has 1 N–H and O–H groups in total. The predicted octanol–water partition coefficient (Wildman–Crippen LogP) is 3.02. The molecule has 108 valence electrons. The third-order valence-corrected chi connectivity index (χ3v) is 2.67. The number of non-ortho nitro benzene ring substituents is 1. The zero-order valence-electron chi connectivity index (χ0n) is 11.0. The number of carbonyl (C=O) groups excluding carboxylic acids is 1. The molecule has 1 rings (SSSR count). The molecule has 1 aromatic carbocycles. The fourth-order valence-corrected chi connectivity index (χ4v) is 1.64. The van der Waals surface area contributed by atoms with Crippen LogP contribution in [0.2, 0.25) is 0 Å². The summed E-state index contributed by atoms with van der Waals surface area (Å²) in [5, 5.41) is 23.9. The van der Waals surface area contributed by atoms with Gasteiger partial charge in [0.1, 0.15) is 5.69 Å². The number of unbranched alkanes of at least 4 members (excludes halogenated alkanes) is 2. The SMILES string of the molecule is CCCCCC(=O)Nc1ccc([N+](=O)[O-])cc1[N+](=O)[O-]. The zero-order valence-corrected chi connectivity index (χ0v) is 11.0. The summed E-state index contributed by atoms with van der Waals surface area (Å²) in [5.74, 6) is -0.338. The van der Waals surface area contributed by atoms with Crippen LogP contribution >= 0.6 is 0 Å². The molecule has 0 aliphatic rings. The summed E-state index contributed by atoms with van der Waals surface area (Å²) in [6.07, 6.45) is 2.83. The van der Waals surface area contributed by atoms with Gasteiger partial charge in [-0.2, -0.15) is 0 Å². The molecule has 20 heavy (non-hydrogen) atoms. The van der Waals surface area contributed by atoms with E-state index in [1.165, 1.54) is 6.07 Å². The number of benzene rings is 1. The van der Waals surface area contributed by atoms with Crippen LogP contribution < -0.4 is 5.32 Å². The normalized spacial score (nSPS) is 10.1. The number of hydrogen-bond acceptors (Lipinski definition) is 5. The minimum Gasteiger partial charge on any atom is -0.320 e. The smallest absolute Gasteiger partial charge is 0.299 e. The first-order chi connectivity index (χ1) is 9.45. The van der Waals surface area contributed by atoms with Crippen LogP contribution in [0.4, 0.5) is 17.1 Å². The van der Waals surface area contributed by atoms with E-state index < -0.39 is 15.5 Å². The van der Waals surface area contributed by atoms with Crippen LogP contribution in [-0.2, 0) is 4.79 Å². The number of rotatable bonds is 7. The van der Waals surface area contributed by atoms with Gasteiger partial charge in [-0.05, 0) is 12.5 Å². The molecule has 0 fully saturated rings. The van der Waals surface area contributed by atoms with Gasteiger partial charge >= 0.3 is 0 Å². The summed E-state index contributed by atoms with van der Waals surface area (Å²) in [6, 6.07) is 3.13. The molecule has 0 spiro atoms. The van der Waals surface area contributed by atoms with Gasteiger partial charge in [0.05, 0.1) is 15.9 Å². The number of carbonyl (C=O) groups is 1. The maximum atomic E-state index is 11.6. The molecule has 0 aliphatic heterocycles. The fraction of sp³-hybridized carbons (Fsp3) is 0.417. The Hall–Kier alpha value is -2.51. The summed E-state index contributed by atoms with van der Waals surface area (Å²) in [4.78, 5) is 31.6. The van der Waals surface area contributed by atoms with Crippen molar-refractivity contribution < 1.29 is 14.6 Å². The Morgan fingerprint density at radius 2 is 1.90 bits per heavy atom. The van der Waals surface area contributed by atoms with Gasteiger partial charge in [0.15, 0.2) is 0 Å². The molecule has 0 heterocycles. The molecule has 0 bridgehead atoms. The lowest BCUT2D eigenvalue weighted by Gasteiger charge is -2.05. The molecular weight excluding hydrogens is 266 g/mol. The Morgan fingerprint density at radius 3 is 2.45 bits per heavy atom. The van der Waals surface area contributed by atoms with Gasteiger partial charge in [-0.25, -0.2) is 0 Å². The Kier molecular flexibility index (Phi) is 5.57. The van der Waals surface area contributed by atoms with E-state index in [1.54, 1.807) is 0 Å². The van der Waals surface area contributed by atoms with Crippen molar-refractivity contribution in [3.8, 4) is 0 Å². The van der Waals surface area contributed by atoms with Crippen molar-refractivity contribution in [1.82, 2.24) is 0 Å². The monoisotopic (exact) mass is 281 g/mol. The minimum atomic E-state index is -0.755. The summed E-state index contributed by atoms with van der Waals surface area (Å²) in [7, 11) is 0. The van der Waals surface area contributed by atoms with Crippen molar-refractivity contribution in [3.63, 3.8) is 0 Å². The van der Waals surface area contributed by atoms with Crippen molar-refractivity contribution in [2.75, 3.05) is 5.32 Å². The number of nitrogens with one attached hydrogen (secondary N) is 1. The second-order valence-electron chi connectivity index (χ2n) is 4.22. The first-order valence-corrected chi connectivity index (χ1v) is 6.18. The first kappa shape index (κ1) is 15.5. The summed E-state index contributed by atoms with van der Waals surface area (Å²) in [5.41, 5.74) is -0.897. The quantitative estimate of drug-likeness (QED) is 0.468. The number of amides is 1. The van der Waals surface area contributed by atoms with Crippen molar-refractivity contribution in [2.45, 2.75) is 32.6 Å². The lowest BCUT2D eigenvalue weighted by Crippen LogP contribution is -2.12. The zero-order chi connectivity index (χ0) is 15.1. The Bertz CT molecular complexity index is 530. The molecule has 8 heteroatoms. The second kappa shape index (κ2) is 7.17. The number of nitro benzene ring substituents is 2. The Morgan fingerprint density at radius 1 is 1.20 bits per heavy atom. The number of anilines is 1. The van der Waals surface area contributed by atoms with E-state index in [1.807, 2.05) is 6.92 Å². The largest absolute Gasteiger partial charge is 0.320 e. The maximum Gasteiger partial charge on any atom is 0.299 e. The molecule has 0 saturated carbocycles. The average molecular weight is 281 g/mol. The lowest BCUT2D eigenvalue weighted by atomic mass is 10.2. The maximum absolute atomic E-state index is 11.6. The molecule has 0 radical (unpaired) electrons. The number of nitro groups is 2. The van der Waals surface area contributed by atoms with Gasteiger partial charge in [0.25, 0.3) is 11.4 Å². The molecule has 1 amide bonds. The van der Waals surface area contributed by atoms with Gasteiger partial charge < -0.3 is 5.32 Å². The van der Waals surface area contributed by atoms with Crippen LogP contribution in [-0.4, -0.2) is 15.8 Å². The van der Waals surface area contributed by atoms with Gasteiger partial charge in [0, 0.05) is 12.5 Å². The highest BCUT2D eigenvalue weighted by Gasteiger charge is 2.20. The van der Waals surface area contributed by atoms with Gasteiger partial charge in [-0.3, -0.25) is 25.0 Å². The third-order valence-electron chi connectivity index (χ3n) is 2.67. The number of hydrogen-bond donors (Lipinski definition) is 1. The van der Waals surface area contributed by atoms with Gasteiger partial charge in [-0.1, -0.05) is 19.8 Å². The van der Waals surface area contributed by atoms with E-state index in [4.69, 9.17) is 0 Å². The van der Waals surface area contributed by atoms with Crippen LogP contribution in [0.5, 0.6) is 0 Å². The highest BCUT2D eigenvalue weighted by atomic mass is 16.6. The van der Waals surface area contributed by atoms with E-state index in [9.17, 15) is 25.0 Å². The van der Waals surface area contributed by atoms with Crippen LogP contribution in [0.3, 0.4) is 0 Å². The standard InChI is InChI=1S/C12H15N3O5/c1-2-3-4-5-12(16)13-10-7-6-9(14(17)18)8-11(10)15(19)20/h6-8H,2-5H2,1H3,(H,13,16). The highest BCUT2D eigenvalue weighted by Crippen LogP contribution is 2.29.